The molecule has 0 heterocycles. The van der Waals surface area contributed by atoms with Crippen LogP contribution in [0.25, 0.3) is 0 Å². The molecule has 0 saturated heterocycles. The number of aryl methyl sites for hydroxylation is 2. The lowest BCUT2D eigenvalue weighted by atomic mass is 9.86. The van der Waals surface area contributed by atoms with Crippen LogP contribution >= 0.6 is 0 Å². The van der Waals surface area contributed by atoms with Crippen LogP contribution in [0, 0.1) is 31.6 Å². The van der Waals surface area contributed by atoms with E-state index in [-0.39, 0.29) is 5.41 Å². The summed E-state index contributed by atoms with van der Waals surface area (Å²) in [6.45, 7) is 13.9. The molecular weight excluding hydrogens is 380 g/mol. The fourth-order valence-electron chi connectivity index (χ4n) is 5.06. The Morgan fingerprint density at radius 2 is 1.39 bits per heavy atom. The summed E-state index contributed by atoms with van der Waals surface area (Å²) in [6.07, 6.45) is 16.4. The first kappa shape index (κ1) is 25.9. The van der Waals surface area contributed by atoms with Crippen molar-refractivity contribution in [2.45, 2.75) is 131 Å². The topological polar surface area (TPSA) is 37.3 Å². The smallest absolute Gasteiger partial charge is 0.309 e. The predicted octanol–water partition coefficient (Wildman–Crippen LogP) is 8.51. The van der Waals surface area contributed by atoms with E-state index in [9.17, 15) is 9.90 Å². The van der Waals surface area contributed by atoms with Gasteiger partial charge >= 0.3 is 5.97 Å². The lowest BCUT2D eigenvalue weighted by Gasteiger charge is -2.19. The second-order valence-corrected chi connectivity index (χ2v) is 11.6. The fourth-order valence-corrected chi connectivity index (χ4v) is 5.06. The lowest BCUT2D eigenvalue weighted by molar-refractivity contribution is -0.143. The molecule has 0 aromatic heterocycles. The third-order valence-corrected chi connectivity index (χ3v) is 7.56. The van der Waals surface area contributed by atoms with Crippen molar-refractivity contribution < 1.29 is 9.90 Å². The quantitative estimate of drug-likeness (QED) is 0.301. The Kier molecular flexibility index (Phi) is 9.65. The van der Waals surface area contributed by atoms with Crippen LogP contribution in [0.2, 0.25) is 0 Å². The van der Waals surface area contributed by atoms with Crippen molar-refractivity contribution in [3.63, 3.8) is 0 Å². The van der Waals surface area contributed by atoms with E-state index < -0.39 is 5.97 Å². The lowest BCUT2D eigenvalue weighted by Crippen LogP contribution is -2.14. The second kappa shape index (κ2) is 11.5. The summed E-state index contributed by atoms with van der Waals surface area (Å²) in [5, 5.41) is 9.32. The second-order valence-electron chi connectivity index (χ2n) is 11.6. The van der Waals surface area contributed by atoms with Gasteiger partial charge in [-0.3, -0.25) is 4.79 Å². The molecule has 2 rings (SSSR count). The molecule has 31 heavy (non-hydrogen) atoms. The standard InChI is InChI=1S/C29H48O2/c1-22-21-23(2)25(15-11-7-9-13-17-28(4,5)6)26(24(22)3)16-12-8-10-14-18-29(19-20-29)27(30)31/h21H,7-20H2,1-6H3,(H,30,31). The van der Waals surface area contributed by atoms with Gasteiger partial charge in [0, 0.05) is 0 Å². The van der Waals surface area contributed by atoms with Gasteiger partial charge in [-0.25, -0.2) is 0 Å². The van der Waals surface area contributed by atoms with Gasteiger partial charge < -0.3 is 5.11 Å². The van der Waals surface area contributed by atoms with E-state index in [1.165, 1.54) is 80.9 Å². The van der Waals surface area contributed by atoms with Crippen molar-refractivity contribution in [2.75, 3.05) is 0 Å². The van der Waals surface area contributed by atoms with Crippen molar-refractivity contribution in [3.8, 4) is 0 Å². The molecule has 1 aromatic rings. The van der Waals surface area contributed by atoms with Gasteiger partial charge in [0.25, 0.3) is 0 Å². The molecule has 0 spiro atoms. The molecule has 0 unspecified atom stereocenters. The zero-order valence-corrected chi connectivity index (χ0v) is 21.3. The van der Waals surface area contributed by atoms with Gasteiger partial charge in [-0.1, -0.05) is 65.4 Å². The molecule has 2 heteroatoms. The van der Waals surface area contributed by atoms with Crippen LogP contribution in [-0.4, -0.2) is 11.1 Å². The van der Waals surface area contributed by atoms with Crippen molar-refractivity contribution in [1.82, 2.24) is 0 Å². The zero-order valence-electron chi connectivity index (χ0n) is 21.3. The van der Waals surface area contributed by atoms with Gasteiger partial charge in [-0.15, -0.1) is 0 Å². The summed E-state index contributed by atoms with van der Waals surface area (Å²) in [6, 6.07) is 2.38. The number of carboxylic acid groups (broad SMARTS) is 1. The molecule has 1 aliphatic carbocycles. The number of benzene rings is 1. The van der Waals surface area contributed by atoms with Crippen LogP contribution in [0.4, 0.5) is 0 Å². The largest absolute Gasteiger partial charge is 0.481 e. The number of carbonyl (C=O) groups is 1. The maximum atomic E-state index is 11.3. The minimum Gasteiger partial charge on any atom is -0.481 e. The van der Waals surface area contributed by atoms with Crippen LogP contribution in [-0.2, 0) is 17.6 Å². The van der Waals surface area contributed by atoms with Gasteiger partial charge in [-0.2, -0.15) is 0 Å². The van der Waals surface area contributed by atoms with E-state index in [0.29, 0.717) is 5.41 Å². The Morgan fingerprint density at radius 1 is 0.839 bits per heavy atom. The van der Waals surface area contributed by atoms with Crippen LogP contribution in [0.3, 0.4) is 0 Å². The van der Waals surface area contributed by atoms with Crippen molar-refractivity contribution in [2.24, 2.45) is 10.8 Å². The summed E-state index contributed by atoms with van der Waals surface area (Å²) >= 11 is 0. The summed E-state index contributed by atoms with van der Waals surface area (Å²) in [4.78, 5) is 11.3. The van der Waals surface area contributed by atoms with Gasteiger partial charge in [-0.05, 0) is 105 Å². The first-order valence-electron chi connectivity index (χ1n) is 12.9. The number of carboxylic acids is 1. The van der Waals surface area contributed by atoms with Gasteiger partial charge in [0.2, 0.25) is 0 Å². The third-order valence-electron chi connectivity index (χ3n) is 7.56. The average Bonchev–Trinajstić information content (AvgIpc) is 3.46. The van der Waals surface area contributed by atoms with E-state index in [1.807, 2.05) is 0 Å². The van der Waals surface area contributed by atoms with Crippen molar-refractivity contribution in [3.05, 3.63) is 33.9 Å². The van der Waals surface area contributed by atoms with Gasteiger partial charge in [0.1, 0.15) is 0 Å². The molecule has 1 fully saturated rings. The number of hydrogen-bond donors (Lipinski definition) is 1. The highest BCUT2D eigenvalue weighted by atomic mass is 16.4. The SMILES string of the molecule is Cc1cc(C)c(CCCCCCC(C)(C)C)c(CCCCCCC2(C(=O)O)CC2)c1C. The molecule has 176 valence electrons. The highest BCUT2D eigenvalue weighted by Gasteiger charge is 2.49. The minimum atomic E-state index is -0.568. The normalized spacial score (nSPS) is 15.3. The maximum absolute atomic E-state index is 11.3. The molecule has 0 bridgehead atoms. The van der Waals surface area contributed by atoms with Gasteiger partial charge in [0.15, 0.2) is 0 Å². The van der Waals surface area contributed by atoms with Crippen molar-refractivity contribution >= 4 is 5.97 Å². The first-order chi connectivity index (χ1) is 14.6. The molecule has 2 nitrogen and oxygen atoms in total. The maximum Gasteiger partial charge on any atom is 0.309 e. The molecule has 1 N–H and O–H groups in total. The number of rotatable bonds is 14. The number of unbranched alkanes of at least 4 members (excludes halogenated alkanes) is 6. The molecule has 1 aromatic carbocycles. The van der Waals surface area contributed by atoms with Crippen molar-refractivity contribution in [1.29, 1.82) is 0 Å². The number of aliphatic carboxylic acids is 1. The van der Waals surface area contributed by atoms with Crippen LogP contribution in [0.1, 0.15) is 126 Å². The fraction of sp³-hybridized carbons (Fsp3) is 0.759. The molecule has 0 radical (unpaired) electrons. The summed E-state index contributed by atoms with van der Waals surface area (Å²) < 4.78 is 0. The molecule has 1 aliphatic rings. The molecule has 0 aliphatic heterocycles. The van der Waals surface area contributed by atoms with E-state index in [1.54, 1.807) is 11.1 Å². The Morgan fingerprint density at radius 3 is 1.94 bits per heavy atom. The average molecular weight is 429 g/mol. The van der Waals surface area contributed by atoms with E-state index in [0.717, 1.165) is 25.7 Å². The van der Waals surface area contributed by atoms with Crippen LogP contribution < -0.4 is 0 Å². The van der Waals surface area contributed by atoms with E-state index in [4.69, 9.17) is 0 Å². The van der Waals surface area contributed by atoms with Gasteiger partial charge in [0.05, 0.1) is 5.41 Å². The zero-order chi connectivity index (χ0) is 23.1. The first-order valence-corrected chi connectivity index (χ1v) is 12.9. The van der Waals surface area contributed by atoms with Crippen LogP contribution in [0.5, 0.6) is 0 Å². The summed E-state index contributed by atoms with van der Waals surface area (Å²) in [5.74, 6) is -0.568. The molecule has 1 saturated carbocycles. The predicted molar refractivity (Wildman–Crippen MR) is 133 cm³/mol. The summed E-state index contributed by atoms with van der Waals surface area (Å²) in [5.41, 5.74) is 7.74. The highest BCUT2D eigenvalue weighted by Crippen LogP contribution is 2.50. The van der Waals surface area contributed by atoms with E-state index in [2.05, 4.69) is 47.6 Å². The molecule has 0 atom stereocenters. The highest BCUT2D eigenvalue weighted by molar-refractivity contribution is 5.77. The minimum absolute atomic E-state index is 0.343. The Balaban J connectivity index is 1.79. The summed E-state index contributed by atoms with van der Waals surface area (Å²) in [7, 11) is 0. The van der Waals surface area contributed by atoms with Crippen LogP contribution in [0.15, 0.2) is 6.07 Å². The third kappa shape index (κ3) is 8.28. The number of hydrogen-bond acceptors (Lipinski definition) is 1. The Hall–Kier alpha value is -1.31. The molecule has 0 amide bonds. The van der Waals surface area contributed by atoms with E-state index >= 15 is 0 Å². The monoisotopic (exact) mass is 428 g/mol. The Labute approximate surface area is 192 Å². The Bertz CT molecular complexity index is 719. The molecular formula is C29H48O2.